The number of halogens is 2. The fraction of sp³-hybridized carbons (Fsp3) is 0.286. The molecule has 1 fully saturated rings. The van der Waals surface area contributed by atoms with Gasteiger partial charge in [0.15, 0.2) is 0 Å². The van der Waals surface area contributed by atoms with Gasteiger partial charge < -0.3 is 15.0 Å². The molecule has 1 aromatic carbocycles. The first-order valence-electron chi connectivity index (χ1n) is 6.46. The zero-order valence-electron chi connectivity index (χ0n) is 10.9. The second kappa shape index (κ2) is 5.24. The van der Waals surface area contributed by atoms with Crippen LogP contribution in [0, 0.1) is 5.92 Å². The van der Waals surface area contributed by atoms with E-state index in [0.29, 0.717) is 34.1 Å². The van der Waals surface area contributed by atoms with Gasteiger partial charge in [-0.2, -0.15) is 0 Å². The van der Waals surface area contributed by atoms with Crippen LogP contribution in [-0.2, 0) is 4.79 Å². The van der Waals surface area contributed by atoms with Crippen molar-refractivity contribution in [1.29, 1.82) is 0 Å². The number of aromatic nitrogens is 1. The highest BCUT2D eigenvalue weighted by atomic mass is 35.5. The summed E-state index contributed by atoms with van der Waals surface area (Å²) in [5.74, 6) is -1.57. The van der Waals surface area contributed by atoms with Crippen molar-refractivity contribution in [1.82, 2.24) is 9.88 Å². The number of carboxylic acids is 1. The summed E-state index contributed by atoms with van der Waals surface area (Å²) < 4.78 is 0. The summed E-state index contributed by atoms with van der Waals surface area (Å²) in [6.07, 6.45) is 0.480. The summed E-state index contributed by atoms with van der Waals surface area (Å²) >= 11 is 12.1. The molecule has 1 saturated heterocycles. The van der Waals surface area contributed by atoms with Crippen LogP contribution < -0.4 is 0 Å². The molecule has 1 aliphatic heterocycles. The molecule has 1 atom stereocenters. The van der Waals surface area contributed by atoms with E-state index in [1.54, 1.807) is 23.1 Å². The first kappa shape index (κ1) is 14.2. The molecule has 5 nitrogen and oxygen atoms in total. The fourth-order valence-corrected chi connectivity index (χ4v) is 2.96. The summed E-state index contributed by atoms with van der Waals surface area (Å²) in [6.45, 7) is 0.678. The molecule has 3 rings (SSSR count). The average Bonchev–Trinajstić information content (AvgIpc) is 3.09. The van der Waals surface area contributed by atoms with Gasteiger partial charge in [-0.25, -0.2) is 0 Å². The zero-order valence-corrected chi connectivity index (χ0v) is 12.4. The van der Waals surface area contributed by atoms with Crippen LogP contribution in [0.3, 0.4) is 0 Å². The quantitative estimate of drug-likeness (QED) is 0.890. The number of aromatic amines is 1. The van der Waals surface area contributed by atoms with Crippen molar-refractivity contribution in [3.8, 4) is 0 Å². The Morgan fingerprint density at radius 1 is 1.33 bits per heavy atom. The van der Waals surface area contributed by atoms with E-state index in [-0.39, 0.29) is 12.5 Å². The lowest BCUT2D eigenvalue weighted by atomic mass is 10.1. The maximum absolute atomic E-state index is 12.4. The van der Waals surface area contributed by atoms with E-state index in [4.69, 9.17) is 28.3 Å². The predicted octanol–water partition coefficient (Wildman–Crippen LogP) is 3.02. The van der Waals surface area contributed by atoms with Crippen LogP contribution in [0.1, 0.15) is 16.9 Å². The first-order chi connectivity index (χ1) is 9.97. The van der Waals surface area contributed by atoms with Gasteiger partial charge in [-0.15, -0.1) is 0 Å². The minimum absolute atomic E-state index is 0.220. The van der Waals surface area contributed by atoms with Gasteiger partial charge in [0.25, 0.3) is 5.91 Å². The van der Waals surface area contributed by atoms with Crippen molar-refractivity contribution in [3.63, 3.8) is 0 Å². The molecule has 7 heteroatoms. The summed E-state index contributed by atoms with van der Waals surface area (Å²) in [6, 6.07) is 5.07. The van der Waals surface area contributed by atoms with E-state index >= 15 is 0 Å². The highest BCUT2D eigenvalue weighted by Crippen LogP contribution is 2.31. The molecule has 0 aliphatic carbocycles. The molecule has 21 heavy (non-hydrogen) atoms. The number of amides is 1. The molecule has 2 aromatic rings. The molecule has 1 amide bonds. The minimum Gasteiger partial charge on any atom is -0.481 e. The third-order valence-electron chi connectivity index (χ3n) is 3.75. The van der Waals surface area contributed by atoms with Crippen molar-refractivity contribution in [2.45, 2.75) is 6.42 Å². The minimum atomic E-state index is -0.864. The van der Waals surface area contributed by atoms with Crippen LogP contribution in [0.5, 0.6) is 0 Å². The number of hydrogen-bond acceptors (Lipinski definition) is 2. The summed E-state index contributed by atoms with van der Waals surface area (Å²) in [5.41, 5.74) is 1.11. The highest BCUT2D eigenvalue weighted by Gasteiger charge is 2.31. The largest absolute Gasteiger partial charge is 0.481 e. The molecule has 1 aromatic heterocycles. The smallest absolute Gasteiger partial charge is 0.308 e. The number of rotatable bonds is 2. The maximum Gasteiger partial charge on any atom is 0.308 e. The van der Waals surface area contributed by atoms with Crippen molar-refractivity contribution in [2.75, 3.05) is 13.1 Å². The number of fused-ring (bicyclic) bond motifs is 1. The van der Waals surface area contributed by atoms with Crippen LogP contribution in [0.25, 0.3) is 10.9 Å². The summed E-state index contributed by atoms with van der Waals surface area (Å²) in [5, 5.41) is 10.5. The van der Waals surface area contributed by atoms with Gasteiger partial charge in [-0.3, -0.25) is 9.59 Å². The molecule has 2 N–H and O–H groups in total. The second-order valence-electron chi connectivity index (χ2n) is 5.08. The van der Waals surface area contributed by atoms with Gasteiger partial charge in [0.1, 0.15) is 5.69 Å². The van der Waals surface area contributed by atoms with E-state index in [1.165, 1.54) is 0 Å². The third-order valence-corrected chi connectivity index (χ3v) is 4.56. The SMILES string of the molecule is O=C(O)[C@@H]1CCN(C(=O)c2cc3c(Cl)c(Cl)ccc3[nH]2)C1. The Labute approximate surface area is 130 Å². The number of hydrogen-bond donors (Lipinski definition) is 2. The number of carbonyl (C=O) groups is 2. The molecule has 0 bridgehead atoms. The van der Waals surface area contributed by atoms with Gasteiger partial charge in [0.05, 0.1) is 16.0 Å². The number of aliphatic carboxylic acids is 1. The van der Waals surface area contributed by atoms with Crippen LogP contribution in [-0.4, -0.2) is 40.0 Å². The monoisotopic (exact) mass is 326 g/mol. The van der Waals surface area contributed by atoms with Crippen molar-refractivity contribution in [3.05, 3.63) is 33.9 Å². The standard InChI is InChI=1S/C14H12Cl2N2O3/c15-9-1-2-10-8(12(9)16)5-11(17-10)13(19)18-4-3-7(6-18)14(20)21/h1-2,5,7,17H,3-4,6H2,(H,20,21)/t7-/m1/s1. The molecule has 110 valence electrons. The number of H-pyrrole nitrogens is 1. The Morgan fingerprint density at radius 2 is 2.10 bits per heavy atom. The molecule has 0 saturated carbocycles. The van der Waals surface area contributed by atoms with E-state index in [0.717, 1.165) is 5.52 Å². The van der Waals surface area contributed by atoms with Gasteiger partial charge >= 0.3 is 5.97 Å². The lowest BCUT2D eigenvalue weighted by molar-refractivity contribution is -0.141. The number of nitrogens with zero attached hydrogens (tertiary/aromatic N) is 1. The van der Waals surface area contributed by atoms with E-state index < -0.39 is 11.9 Å². The Balaban J connectivity index is 1.89. The van der Waals surface area contributed by atoms with Gasteiger partial charge in [0, 0.05) is 24.0 Å². The van der Waals surface area contributed by atoms with Crippen molar-refractivity contribution >= 4 is 46.0 Å². The Bertz CT molecular complexity index is 741. The van der Waals surface area contributed by atoms with Crippen LogP contribution in [0.4, 0.5) is 0 Å². The molecule has 0 unspecified atom stereocenters. The number of carboxylic acid groups (broad SMARTS) is 1. The molecular weight excluding hydrogens is 315 g/mol. The average molecular weight is 327 g/mol. The zero-order chi connectivity index (χ0) is 15.1. The lowest BCUT2D eigenvalue weighted by Gasteiger charge is -2.14. The normalized spacial score (nSPS) is 18.4. The predicted molar refractivity (Wildman–Crippen MR) is 80.0 cm³/mol. The fourth-order valence-electron chi connectivity index (χ4n) is 2.57. The van der Waals surface area contributed by atoms with E-state index in [1.807, 2.05) is 0 Å². The molecule has 0 spiro atoms. The molecular formula is C14H12Cl2N2O3. The maximum atomic E-state index is 12.4. The summed E-state index contributed by atoms with van der Waals surface area (Å²) in [4.78, 5) is 27.9. The molecule has 0 radical (unpaired) electrons. The Kier molecular flexibility index (Phi) is 3.55. The number of carbonyl (C=O) groups excluding carboxylic acids is 1. The van der Waals surface area contributed by atoms with Crippen LogP contribution in [0.15, 0.2) is 18.2 Å². The van der Waals surface area contributed by atoms with Gasteiger partial charge in [-0.1, -0.05) is 23.2 Å². The van der Waals surface area contributed by atoms with E-state index in [2.05, 4.69) is 4.98 Å². The topological polar surface area (TPSA) is 73.4 Å². The summed E-state index contributed by atoms with van der Waals surface area (Å²) in [7, 11) is 0. The molecule has 1 aliphatic rings. The highest BCUT2D eigenvalue weighted by molar-refractivity contribution is 6.45. The number of benzene rings is 1. The van der Waals surface area contributed by atoms with Gasteiger partial charge in [-0.05, 0) is 24.6 Å². The van der Waals surface area contributed by atoms with Crippen LogP contribution >= 0.6 is 23.2 Å². The van der Waals surface area contributed by atoms with Gasteiger partial charge in [0.2, 0.25) is 0 Å². The van der Waals surface area contributed by atoms with Crippen molar-refractivity contribution in [2.24, 2.45) is 5.92 Å². The first-order valence-corrected chi connectivity index (χ1v) is 7.22. The molecule has 2 heterocycles. The van der Waals surface area contributed by atoms with Crippen molar-refractivity contribution < 1.29 is 14.7 Å². The lowest BCUT2D eigenvalue weighted by Crippen LogP contribution is -2.30. The third kappa shape index (κ3) is 2.47. The second-order valence-corrected chi connectivity index (χ2v) is 5.87. The Hall–Kier alpha value is -1.72. The Morgan fingerprint density at radius 3 is 2.76 bits per heavy atom. The van der Waals surface area contributed by atoms with E-state index in [9.17, 15) is 9.59 Å². The number of nitrogens with one attached hydrogen (secondary N) is 1. The number of likely N-dealkylation sites (tertiary alicyclic amines) is 1. The van der Waals surface area contributed by atoms with Crippen LogP contribution in [0.2, 0.25) is 10.0 Å².